The minimum atomic E-state index is -0.545. The molecule has 0 bridgehead atoms. The van der Waals surface area contributed by atoms with Crippen molar-refractivity contribution in [2.24, 2.45) is 21.6 Å². The standard InChI is InChI=1S/C19H22N4O3S/c1-4-12-5-14(20)18(10(2)22-8-12)23-11(3)27-17-7-16-15(25-9-26-16)6-13(17)19(21)24/h6-8,12,20H,4-5,9H2,1-3H3,(H2,21,24). The fraction of sp³-hybridized carbons (Fsp3) is 0.368. The second kappa shape index (κ2) is 7.96. The number of ether oxygens (including phenoxy) is 2. The Morgan fingerprint density at radius 2 is 2.11 bits per heavy atom. The summed E-state index contributed by atoms with van der Waals surface area (Å²) in [7, 11) is 0. The van der Waals surface area contributed by atoms with Crippen molar-refractivity contribution in [3.05, 3.63) is 29.1 Å². The molecule has 0 saturated carbocycles. The van der Waals surface area contributed by atoms with E-state index in [4.69, 9.17) is 20.6 Å². The van der Waals surface area contributed by atoms with Crippen LogP contribution < -0.4 is 15.2 Å². The van der Waals surface area contributed by atoms with Gasteiger partial charge in [0.15, 0.2) is 11.5 Å². The van der Waals surface area contributed by atoms with Gasteiger partial charge in [-0.3, -0.25) is 9.79 Å². The van der Waals surface area contributed by atoms with Crippen LogP contribution in [0.15, 0.2) is 38.4 Å². The summed E-state index contributed by atoms with van der Waals surface area (Å²) in [4.78, 5) is 21.5. The Hall–Kier alpha value is -2.61. The first-order valence-corrected chi connectivity index (χ1v) is 9.50. The third-order valence-corrected chi connectivity index (χ3v) is 5.31. The van der Waals surface area contributed by atoms with Crippen LogP contribution in [0.5, 0.6) is 11.5 Å². The van der Waals surface area contributed by atoms with Gasteiger partial charge >= 0.3 is 0 Å². The van der Waals surface area contributed by atoms with Gasteiger partial charge in [-0.2, -0.15) is 0 Å². The largest absolute Gasteiger partial charge is 0.454 e. The Morgan fingerprint density at radius 3 is 2.78 bits per heavy atom. The number of carbonyl (C=O) groups excluding carboxylic acids is 1. The number of nitrogens with two attached hydrogens (primary N) is 1. The van der Waals surface area contributed by atoms with Crippen molar-refractivity contribution in [3.63, 3.8) is 0 Å². The molecular formula is C19H22N4O3S. The Bertz CT molecular complexity index is 889. The lowest BCUT2D eigenvalue weighted by Crippen LogP contribution is -2.12. The summed E-state index contributed by atoms with van der Waals surface area (Å²) in [6.45, 7) is 5.89. The topological polar surface area (TPSA) is 110 Å². The minimum absolute atomic E-state index is 0.120. The molecule has 0 fully saturated rings. The molecule has 0 saturated heterocycles. The number of carbonyl (C=O) groups is 1. The predicted octanol–water partition coefficient (Wildman–Crippen LogP) is 3.78. The van der Waals surface area contributed by atoms with E-state index in [2.05, 4.69) is 16.9 Å². The Kier molecular flexibility index (Phi) is 5.65. The van der Waals surface area contributed by atoms with Crippen LogP contribution in [0.2, 0.25) is 0 Å². The number of rotatable bonds is 4. The number of amides is 1. The summed E-state index contributed by atoms with van der Waals surface area (Å²) in [5.41, 5.74) is 7.63. The summed E-state index contributed by atoms with van der Waals surface area (Å²) in [6, 6.07) is 3.33. The highest BCUT2D eigenvalue weighted by Gasteiger charge is 2.21. The quantitative estimate of drug-likeness (QED) is 0.466. The Balaban J connectivity index is 1.89. The first-order chi connectivity index (χ1) is 12.9. The number of primary amides is 1. The molecule has 0 radical (unpaired) electrons. The van der Waals surface area contributed by atoms with Crippen molar-refractivity contribution in [2.45, 2.75) is 38.5 Å². The number of allylic oxidation sites excluding steroid dienone is 2. The van der Waals surface area contributed by atoms with Gasteiger partial charge in [0.05, 0.1) is 22.0 Å². The fourth-order valence-corrected chi connectivity index (χ4v) is 3.74. The van der Waals surface area contributed by atoms with Gasteiger partial charge in [0.2, 0.25) is 12.7 Å². The van der Waals surface area contributed by atoms with Crippen LogP contribution in [0.4, 0.5) is 0 Å². The normalized spacial score (nSPS) is 19.4. The molecule has 1 aromatic carbocycles. The number of fused-ring (bicyclic) bond motifs is 1. The van der Waals surface area contributed by atoms with Crippen LogP contribution in [-0.2, 0) is 0 Å². The maximum atomic E-state index is 11.8. The van der Waals surface area contributed by atoms with Crippen molar-refractivity contribution in [2.75, 3.05) is 6.79 Å². The monoisotopic (exact) mass is 386 g/mol. The average molecular weight is 386 g/mol. The van der Waals surface area contributed by atoms with E-state index in [1.165, 1.54) is 11.8 Å². The summed E-state index contributed by atoms with van der Waals surface area (Å²) >= 11 is 1.31. The molecule has 142 valence electrons. The predicted molar refractivity (Wildman–Crippen MR) is 107 cm³/mol. The lowest BCUT2D eigenvalue weighted by Gasteiger charge is -2.10. The molecule has 3 N–H and O–H groups in total. The van der Waals surface area contributed by atoms with Gasteiger partial charge < -0.3 is 20.6 Å². The molecule has 1 unspecified atom stereocenters. The number of hydrogen-bond donors (Lipinski definition) is 2. The van der Waals surface area contributed by atoms with Gasteiger partial charge in [0.1, 0.15) is 5.70 Å². The molecule has 2 aliphatic rings. The highest BCUT2D eigenvalue weighted by atomic mass is 32.2. The average Bonchev–Trinajstić information content (AvgIpc) is 3.03. The molecule has 1 atom stereocenters. The fourth-order valence-electron chi connectivity index (χ4n) is 2.85. The number of hydrogen-bond acceptors (Lipinski definition) is 7. The second-order valence-corrected chi connectivity index (χ2v) is 7.60. The summed E-state index contributed by atoms with van der Waals surface area (Å²) < 4.78 is 10.7. The van der Waals surface area contributed by atoms with E-state index in [0.717, 1.165) is 12.1 Å². The molecule has 0 aromatic heterocycles. The molecule has 0 aliphatic carbocycles. The highest BCUT2D eigenvalue weighted by molar-refractivity contribution is 8.14. The zero-order valence-electron chi connectivity index (χ0n) is 15.5. The van der Waals surface area contributed by atoms with E-state index in [-0.39, 0.29) is 12.7 Å². The third-order valence-electron chi connectivity index (χ3n) is 4.37. The van der Waals surface area contributed by atoms with E-state index >= 15 is 0 Å². The summed E-state index contributed by atoms with van der Waals surface area (Å²) in [5, 5.41) is 9.05. The van der Waals surface area contributed by atoms with Crippen molar-refractivity contribution in [1.29, 1.82) is 5.41 Å². The number of nitrogens with one attached hydrogen (secondary N) is 1. The molecule has 7 nitrogen and oxygen atoms in total. The van der Waals surface area contributed by atoms with E-state index in [0.29, 0.717) is 44.8 Å². The van der Waals surface area contributed by atoms with E-state index < -0.39 is 5.91 Å². The zero-order chi connectivity index (χ0) is 19.6. The maximum absolute atomic E-state index is 11.8. The van der Waals surface area contributed by atoms with E-state index in [9.17, 15) is 4.79 Å². The lowest BCUT2D eigenvalue weighted by molar-refractivity contribution is 0.0997. The van der Waals surface area contributed by atoms with Crippen LogP contribution >= 0.6 is 11.8 Å². The maximum Gasteiger partial charge on any atom is 0.249 e. The number of nitrogens with zero attached hydrogens (tertiary/aromatic N) is 2. The first kappa shape index (κ1) is 19.2. The molecular weight excluding hydrogens is 364 g/mol. The van der Waals surface area contributed by atoms with Gasteiger partial charge in [-0.25, -0.2) is 4.99 Å². The first-order valence-electron chi connectivity index (χ1n) is 8.68. The number of benzene rings is 1. The van der Waals surface area contributed by atoms with Crippen molar-refractivity contribution < 1.29 is 14.3 Å². The molecule has 1 aromatic rings. The minimum Gasteiger partial charge on any atom is -0.454 e. The SMILES string of the molecule is CCC1C=NC(C)=C(N=C(C)Sc2cc3c(cc2C(N)=O)OCO3)C(=N)C1. The number of thioether (sulfide) groups is 1. The molecule has 0 spiro atoms. The van der Waals surface area contributed by atoms with Crippen molar-refractivity contribution in [3.8, 4) is 11.5 Å². The van der Waals surface area contributed by atoms with Crippen LogP contribution in [0.3, 0.4) is 0 Å². The van der Waals surface area contributed by atoms with Crippen LogP contribution in [0.1, 0.15) is 44.0 Å². The highest BCUT2D eigenvalue weighted by Crippen LogP contribution is 2.39. The lowest BCUT2D eigenvalue weighted by atomic mass is 10.00. The van der Waals surface area contributed by atoms with Crippen molar-refractivity contribution in [1.82, 2.24) is 0 Å². The van der Waals surface area contributed by atoms with Gasteiger partial charge in [-0.05, 0) is 44.7 Å². The van der Waals surface area contributed by atoms with Crippen LogP contribution in [0, 0.1) is 11.3 Å². The van der Waals surface area contributed by atoms with Gasteiger partial charge in [-0.1, -0.05) is 18.7 Å². The summed E-state index contributed by atoms with van der Waals surface area (Å²) in [5.74, 6) is 0.787. The molecule has 8 heteroatoms. The van der Waals surface area contributed by atoms with Crippen LogP contribution in [-0.4, -0.2) is 29.7 Å². The molecule has 2 aliphatic heterocycles. The molecule has 1 amide bonds. The Labute approximate surface area is 162 Å². The van der Waals surface area contributed by atoms with Gasteiger partial charge in [0.25, 0.3) is 0 Å². The smallest absolute Gasteiger partial charge is 0.249 e. The van der Waals surface area contributed by atoms with Gasteiger partial charge in [0, 0.05) is 11.1 Å². The number of aliphatic imine (C=N–C) groups is 2. The molecule has 3 rings (SSSR count). The third kappa shape index (κ3) is 4.21. The van der Waals surface area contributed by atoms with Gasteiger partial charge in [-0.15, -0.1) is 0 Å². The summed E-state index contributed by atoms with van der Waals surface area (Å²) in [6.07, 6.45) is 3.45. The zero-order valence-corrected chi connectivity index (χ0v) is 16.4. The van der Waals surface area contributed by atoms with E-state index in [1.807, 2.05) is 20.1 Å². The van der Waals surface area contributed by atoms with E-state index in [1.54, 1.807) is 12.1 Å². The van der Waals surface area contributed by atoms with Crippen molar-refractivity contribution >= 4 is 34.6 Å². The second-order valence-electron chi connectivity index (χ2n) is 6.36. The molecule has 27 heavy (non-hydrogen) atoms. The Morgan fingerprint density at radius 1 is 1.41 bits per heavy atom. The van der Waals surface area contributed by atoms with Crippen LogP contribution in [0.25, 0.3) is 0 Å². The molecule has 2 heterocycles.